The van der Waals surface area contributed by atoms with Gasteiger partial charge in [0.25, 0.3) is 0 Å². The number of nitrogens with one attached hydrogen (secondary N) is 1. The monoisotopic (exact) mass is 141 g/mol. The van der Waals surface area contributed by atoms with Crippen molar-refractivity contribution in [2.24, 2.45) is 5.92 Å². The largest absolute Gasteiger partial charge is 0.351 e. The van der Waals surface area contributed by atoms with Gasteiger partial charge in [-0.05, 0) is 19.8 Å². The van der Waals surface area contributed by atoms with Crippen LogP contribution in [-0.2, 0) is 4.79 Å². The highest BCUT2D eigenvalue weighted by atomic mass is 16.2. The topological polar surface area (TPSA) is 29.1 Å². The summed E-state index contributed by atoms with van der Waals surface area (Å²) in [5.41, 5.74) is 0.154. The minimum Gasteiger partial charge on any atom is -0.351 e. The van der Waals surface area contributed by atoms with Crippen LogP contribution in [0.1, 0.15) is 33.6 Å². The van der Waals surface area contributed by atoms with Gasteiger partial charge in [0.05, 0.1) is 0 Å². The molecule has 10 heavy (non-hydrogen) atoms. The second kappa shape index (κ2) is 2.26. The van der Waals surface area contributed by atoms with E-state index in [-0.39, 0.29) is 17.4 Å². The van der Waals surface area contributed by atoms with E-state index < -0.39 is 0 Å². The second-order valence-corrected chi connectivity index (χ2v) is 3.70. The summed E-state index contributed by atoms with van der Waals surface area (Å²) >= 11 is 0. The molecule has 58 valence electrons. The Morgan fingerprint density at radius 2 is 2.00 bits per heavy atom. The first-order chi connectivity index (χ1) is 4.53. The molecule has 0 aromatic rings. The molecule has 0 heterocycles. The number of hydrogen-bond donors (Lipinski definition) is 1. The molecule has 1 N–H and O–H groups in total. The van der Waals surface area contributed by atoms with E-state index in [0.29, 0.717) is 0 Å². The van der Waals surface area contributed by atoms with Crippen molar-refractivity contribution in [1.29, 1.82) is 0 Å². The predicted molar refractivity (Wildman–Crippen MR) is 40.6 cm³/mol. The molecule has 1 aliphatic rings. The molecule has 1 rings (SSSR count). The van der Waals surface area contributed by atoms with Gasteiger partial charge in [-0.3, -0.25) is 4.79 Å². The van der Waals surface area contributed by atoms with Crippen molar-refractivity contribution >= 4 is 5.91 Å². The minimum atomic E-state index is 0.123. The van der Waals surface area contributed by atoms with E-state index in [0.717, 1.165) is 12.8 Å². The summed E-state index contributed by atoms with van der Waals surface area (Å²) in [5.74, 6) is 0.303. The van der Waals surface area contributed by atoms with Crippen LogP contribution >= 0.6 is 0 Å². The van der Waals surface area contributed by atoms with Gasteiger partial charge < -0.3 is 5.32 Å². The Labute approximate surface area is 62.0 Å². The van der Waals surface area contributed by atoms with E-state index >= 15 is 0 Å². The van der Waals surface area contributed by atoms with Gasteiger partial charge in [0.15, 0.2) is 0 Å². The lowest BCUT2D eigenvalue weighted by Gasteiger charge is -2.12. The molecule has 0 spiro atoms. The van der Waals surface area contributed by atoms with Crippen molar-refractivity contribution in [3.63, 3.8) is 0 Å². The first-order valence-electron chi connectivity index (χ1n) is 3.85. The van der Waals surface area contributed by atoms with Crippen LogP contribution in [0.3, 0.4) is 0 Å². The molecule has 1 saturated carbocycles. The number of carbonyl (C=O) groups excluding carboxylic acids is 1. The fourth-order valence-electron chi connectivity index (χ4n) is 0.754. The van der Waals surface area contributed by atoms with Crippen LogP contribution in [0.15, 0.2) is 0 Å². The minimum absolute atomic E-state index is 0.123. The predicted octanol–water partition coefficient (Wildman–Crippen LogP) is 1.31. The molecule has 0 unspecified atom stereocenters. The smallest absolute Gasteiger partial charge is 0.222 e. The van der Waals surface area contributed by atoms with Crippen molar-refractivity contribution in [3.8, 4) is 0 Å². The molecule has 0 aromatic heterocycles. The molecule has 0 radical (unpaired) electrons. The van der Waals surface area contributed by atoms with Crippen molar-refractivity contribution < 1.29 is 4.79 Å². The zero-order chi connectivity index (χ0) is 7.78. The molecular formula is C8H15NO. The van der Waals surface area contributed by atoms with Crippen LogP contribution in [0.2, 0.25) is 0 Å². The highest BCUT2D eigenvalue weighted by Crippen LogP contribution is 2.34. The summed E-state index contributed by atoms with van der Waals surface area (Å²) in [4.78, 5) is 11.1. The fraction of sp³-hybridized carbons (Fsp3) is 0.875. The fourth-order valence-corrected chi connectivity index (χ4v) is 0.754. The molecule has 0 saturated heterocycles. The van der Waals surface area contributed by atoms with Crippen molar-refractivity contribution in [1.82, 2.24) is 5.32 Å². The van der Waals surface area contributed by atoms with Crippen LogP contribution < -0.4 is 5.32 Å². The summed E-state index contributed by atoms with van der Waals surface area (Å²) < 4.78 is 0. The van der Waals surface area contributed by atoms with Gasteiger partial charge in [0.1, 0.15) is 0 Å². The lowest BCUT2D eigenvalue weighted by atomic mass is 10.2. The normalized spacial score (nSPS) is 20.8. The number of carbonyl (C=O) groups is 1. The second-order valence-electron chi connectivity index (χ2n) is 3.70. The Kier molecular flexibility index (Phi) is 1.71. The van der Waals surface area contributed by atoms with E-state index in [1.807, 2.05) is 13.8 Å². The number of hydrogen-bond acceptors (Lipinski definition) is 1. The highest BCUT2D eigenvalue weighted by molar-refractivity contribution is 5.79. The molecule has 0 bridgehead atoms. The van der Waals surface area contributed by atoms with Gasteiger partial charge in [-0.25, -0.2) is 0 Å². The van der Waals surface area contributed by atoms with E-state index in [1.165, 1.54) is 0 Å². The summed E-state index contributed by atoms with van der Waals surface area (Å²) in [6.07, 6.45) is 2.29. The van der Waals surface area contributed by atoms with Gasteiger partial charge in [0, 0.05) is 11.5 Å². The maximum atomic E-state index is 11.1. The zero-order valence-corrected chi connectivity index (χ0v) is 6.90. The van der Waals surface area contributed by atoms with Gasteiger partial charge in [-0.2, -0.15) is 0 Å². The number of rotatable bonds is 2. The summed E-state index contributed by atoms with van der Waals surface area (Å²) in [5, 5.41) is 2.99. The average Bonchev–Trinajstić information content (AvgIpc) is 2.47. The van der Waals surface area contributed by atoms with Crippen LogP contribution in [0.5, 0.6) is 0 Å². The Morgan fingerprint density at radius 3 is 2.30 bits per heavy atom. The molecule has 0 aromatic carbocycles. The maximum Gasteiger partial charge on any atom is 0.222 e. The van der Waals surface area contributed by atoms with Crippen LogP contribution in [0, 0.1) is 5.92 Å². The van der Waals surface area contributed by atoms with E-state index in [9.17, 15) is 4.79 Å². The molecule has 2 nitrogen and oxygen atoms in total. The van der Waals surface area contributed by atoms with Gasteiger partial charge in [-0.15, -0.1) is 0 Å². The summed E-state index contributed by atoms with van der Waals surface area (Å²) in [6, 6.07) is 0. The van der Waals surface area contributed by atoms with Crippen molar-refractivity contribution in [2.45, 2.75) is 39.2 Å². The molecule has 0 aliphatic heterocycles. The maximum absolute atomic E-state index is 11.1. The van der Waals surface area contributed by atoms with Crippen LogP contribution in [-0.4, -0.2) is 11.4 Å². The standard InChI is InChI=1S/C8H15NO/c1-6(2)7(10)9-8(3)4-5-8/h6H,4-5H2,1-3H3,(H,9,10). The van der Waals surface area contributed by atoms with Gasteiger partial charge >= 0.3 is 0 Å². The lowest BCUT2D eigenvalue weighted by Crippen LogP contribution is -2.36. The average molecular weight is 141 g/mol. The third-order valence-electron chi connectivity index (χ3n) is 1.95. The highest BCUT2D eigenvalue weighted by Gasteiger charge is 2.38. The molecule has 0 atom stereocenters. The molecule has 1 aliphatic carbocycles. The molecule has 1 amide bonds. The first kappa shape index (κ1) is 7.58. The Hall–Kier alpha value is -0.530. The van der Waals surface area contributed by atoms with Crippen LogP contribution in [0.4, 0.5) is 0 Å². The summed E-state index contributed by atoms with van der Waals surface area (Å²) in [7, 11) is 0. The quantitative estimate of drug-likeness (QED) is 0.617. The van der Waals surface area contributed by atoms with Crippen LogP contribution in [0.25, 0.3) is 0 Å². The Balaban J connectivity index is 2.31. The molecule has 2 heteroatoms. The van der Waals surface area contributed by atoms with Gasteiger partial charge in [-0.1, -0.05) is 13.8 Å². The number of amides is 1. The third-order valence-corrected chi connectivity index (χ3v) is 1.95. The Morgan fingerprint density at radius 1 is 1.50 bits per heavy atom. The molecular weight excluding hydrogens is 126 g/mol. The zero-order valence-electron chi connectivity index (χ0n) is 6.90. The third kappa shape index (κ3) is 1.72. The van der Waals surface area contributed by atoms with E-state index in [2.05, 4.69) is 12.2 Å². The molecule has 1 fully saturated rings. The van der Waals surface area contributed by atoms with Crippen molar-refractivity contribution in [3.05, 3.63) is 0 Å². The van der Waals surface area contributed by atoms with E-state index in [1.54, 1.807) is 0 Å². The first-order valence-corrected chi connectivity index (χ1v) is 3.85. The van der Waals surface area contributed by atoms with Gasteiger partial charge in [0.2, 0.25) is 5.91 Å². The lowest BCUT2D eigenvalue weighted by molar-refractivity contribution is -0.124. The Bertz CT molecular complexity index is 147. The van der Waals surface area contributed by atoms with Crippen molar-refractivity contribution in [2.75, 3.05) is 0 Å². The summed E-state index contributed by atoms with van der Waals surface area (Å²) in [6.45, 7) is 5.93. The van der Waals surface area contributed by atoms with E-state index in [4.69, 9.17) is 0 Å². The SMILES string of the molecule is CC(C)C(=O)NC1(C)CC1.